The lowest BCUT2D eigenvalue weighted by Crippen LogP contribution is -2.27. The van der Waals surface area contributed by atoms with Crippen molar-refractivity contribution in [3.8, 4) is 0 Å². The molecule has 1 aliphatic rings. The average Bonchev–Trinajstić information content (AvgIpc) is 3.10. The first-order valence-electron chi connectivity index (χ1n) is 7.15. The van der Waals surface area contributed by atoms with Gasteiger partial charge in [0.15, 0.2) is 0 Å². The van der Waals surface area contributed by atoms with E-state index in [1.165, 1.54) is 0 Å². The van der Waals surface area contributed by atoms with Gasteiger partial charge in [-0.3, -0.25) is 0 Å². The lowest BCUT2D eigenvalue weighted by atomic mass is 10.1. The predicted molar refractivity (Wildman–Crippen MR) is 81.2 cm³/mol. The van der Waals surface area contributed by atoms with Crippen LogP contribution in [-0.2, 0) is 16.6 Å². The first-order valence-corrected chi connectivity index (χ1v) is 8.64. The molecule has 0 unspecified atom stereocenters. The highest BCUT2D eigenvalue weighted by Gasteiger charge is 2.29. The highest BCUT2D eigenvalue weighted by atomic mass is 32.2. The molecule has 1 aromatic carbocycles. The Morgan fingerprint density at radius 1 is 1.20 bits per heavy atom. The summed E-state index contributed by atoms with van der Waals surface area (Å²) >= 11 is 0. The van der Waals surface area contributed by atoms with Gasteiger partial charge in [-0.2, -0.15) is 0 Å². The highest BCUT2D eigenvalue weighted by molar-refractivity contribution is 7.89. The van der Waals surface area contributed by atoms with Crippen LogP contribution in [0.25, 0.3) is 0 Å². The van der Waals surface area contributed by atoms with Crippen LogP contribution in [0.3, 0.4) is 0 Å². The number of sulfonamides is 1. The van der Waals surface area contributed by atoms with E-state index in [1.54, 1.807) is 0 Å². The Morgan fingerprint density at radius 3 is 2.40 bits per heavy atom. The number of rotatable bonds is 6. The molecule has 0 atom stereocenters. The molecule has 1 fully saturated rings. The van der Waals surface area contributed by atoms with Crippen molar-refractivity contribution in [3.05, 3.63) is 28.8 Å². The first-order chi connectivity index (χ1) is 9.29. The van der Waals surface area contributed by atoms with Gasteiger partial charge in [0, 0.05) is 18.6 Å². The van der Waals surface area contributed by atoms with Crippen LogP contribution in [0, 0.1) is 13.8 Å². The summed E-state index contributed by atoms with van der Waals surface area (Å²) in [5, 5.41) is 3.34. The molecule has 0 saturated heterocycles. The summed E-state index contributed by atoms with van der Waals surface area (Å²) in [6.45, 7) is 8.73. The number of hydrogen-bond donors (Lipinski definition) is 2. The zero-order chi connectivity index (χ0) is 14.9. The zero-order valence-electron chi connectivity index (χ0n) is 12.7. The van der Waals surface area contributed by atoms with Crippen molar-refractivity contribution in [2.45, 2.75) is 64.1 Å². The smallest absolute Gasteiger partial charge is 0.241 e. The second kappa shape index (κ2) is 5.84. The normalized spacial score (nSPS) is 15.8. The molecule has 0 aromatic heterocycles. The molecular weight excluding hydrogens is 272 g/mol. The molecule has 112 valence electrons. The maximum atomic E-state index is 12.4. The van der Waals surface area contributed by atoms with Gasteiger partial charge in [-0.05, 0) is 49.4 Å². The number of benzene rings is 1. The lowest BCUT2D eigenvalue weighted by Gasteiger charge is -2.15. The fourth-order valence-corrected chi connectivity index (χ4v) is 3.73. The third-order valence-corrected chi connectivity index (χ3v) is 5.19. The maximum absolute atomic E-state index is 12.4. The van der Waals surface area contributed by atoms with Gasteiger partial charge in [0.1, 0.15) is 0 Å². The van der Waals surface area contributed by atoms with Gasteiger partial charge in [-0.1, -0.05) is 19.9 Å². The quantitative estimate of drug-likeness (QED) is 0.846. The van der Waals surface area contributed by atoms with Gasteiger partial charge >= 0.3 is 0 Å². The Morgan fingerprint density at radius 2 is 1.85 bits per heavy atom. The molecule has 0 aliphatic heterocycles. The molecule has 0 radical (unpaired) electrons. The molecule has 20 heavy (non-hydrogen) atoms. The third-order valence-electron chi connectivity index (χ3n) is 3.52. The van der Waals surface area contributed by atoms with Crippen molar-refractivity contribution in [1.29, 1.82) is 0 Å². The number of nitrogens with one attached hydrogen (secondary N) is 2. The van der Waals surface area contributed by atoms with Crippen LogP contribution >= 0.6 is 0 Å². The lowest BCUT2D eigenvalue weighted by molar-refractivity contribution is 0.577. The van der Waals surface area contributed by atoms with Crippen molar-refractivity contribution in [2.24, 2.45) is 0 Å². The standard InChI is InChI=1S/C15H24N2O2S/c1-10(2)16-9-13-8-15(12(4)7-11(13)3)20(18,19)17-14-5-6-14/h7-8,10,14,16-17H,5-6,9H2,1-4H3. The van der Waals surface area contributed by atoms with E-state index in [0.717, 1.165) is 29.5 Å². The van der Waals surface area contributed by atoms with E-state index in [9.17, 15) is 8.42 Å². The van der Waals surface area contributed by atoms with Crippen LogP contribution in [0.15, 0.2) is 17.0 Å². The Kier molecular flexibility index (Phi) is 4.52. The summed E-state index contributed by atoms with van der Waals surface area (Å²) in [7, 11) is -3.38. The second-order valence-corrected chi connectivity index (χ2v) is 7.66. The summed E-state index contributed by atoms with van der Waals surface area (Å²) in [4.78, 5) is 0.413. The zero-order valence-corrected chi connectivity index (χ0v) is 13.5. The molecule has 1 aromatic rings. The van der Waals surface area contributed by atoms with Crippen LogP contribution < -0.4 is 10.0 Å². The van der Waals surface area contributed by atoms with Gasteiger partial charge in [0.2, 0.25) is 10.0 Å². The van der Waals surface area contributed by atoms with Gasteiger partial charge in [-0.25, -0.2) is 13.1 Å². The predicted octanol–water partition coefficient (Wildman–Crippen LogP) is 2.24. The molecule has 0 amide bonds. The van der Waals surface area contributed by atoms with Gasteiger partial charge in [-0.15, -0.1) is 0 Å². The summed E-state index contributed by atoms with van der Waals surface area (Å²) in [5.41, 5.74) is 2.98. The van der Waals surface area contributed by atoms with Crippen molar-refractivity contribution in [2.75, 3.05) is 0 Å². The molecule has 0 spiro atoms. The largest absolute Gasteiger partial charge is 0.310 e. The van der Waals surface area contributed by atoms with Crippen molar-refractivity contribution < 1.29 is 8.42 Å². The molecule has 1 aliphatic carbocycles. The van der Waals surface area contributed by atoms with E-state index in [1.807, 2.05) is 26.0 Å². The fourth-order valence-electron chi connectivity index (χ4n) is 2.15. The van der Waals surface area contributed by atoms with E-state index in [2.05, 4.69) is 23.9 Å². The summed E-state index contributed by atoms with van der Waals surface area (Å²) in [6.07, 6.45) is 1.90. The van der Waals surface area contributed by atoms with Crippen LogP contribution in [0.2, 0.25) is 0 Å². The number of aryl methyl sites for hydroxylation is 2. The van der Waals surface area contributed by atoms with E-state index in [0.29, 0.717) is 17.5 Å². The Hall–Kier alpha value is -0.910. The Labute approximate surface area is 122 Å². The molecule has 1 saturated carbocycles. The number of hydrogen-bond acceptors (Lipinski definition) is 3. The van der Waals surface area contributed by atoms with Crippen LogP contribution in [0.4, 0.5) is 0 Å². The van der Waals surface area contributed by atoms with Crippen molar-refractivity contribution in [3.63, 3.8) is 0 Å². The van der Waals surface area contributed by atoms with Crippen molar-refractivity contribution >= 4 is 10.0 Å². The molecule has 4 nitrogen and oxygen atoms in total. The van der Waals surface area contributed by atoms with Gasteiger partial charge in [0.25, 0.3) is 0 Å². The summed E-state index contributed by atoms with van der Waals surface area (Å²) < 4.78 is 27.5. The summed E-state index contributed by atoms with van der Waals surface area (Å²) in [5.74, 6) is 0. The minimum atomic E-state index is -3.38. The summed E-state index contributed by atoms with van der Waals surface area (Å²) in [6, 6.07) is 4.28. The van der Waals surface area contributed by atoms with E-state index in [4.69, 9.17) is 0 Å². The molecular formula is C15H24N2O2S. The SMILES string of the molecule is Cc1cc(C)c(S(=O)(=O)NC2CC2)cc1CNC(C)C. The van der Waals surface area contributed by atoms with Crippen LogP contribution in [0.5, 0.6) is 0 Å². The van der Waals surface area contributed by atoms with Gasteiger partial charge in [0.05, 0.1) is 4.90 Å². The monoisotopic (exact) mass is 296 g/mol. The first kappa shape index (κ1) is 15.5. The molecule has 0 heterocycles. The second-order valence-electron chi connectivity index (χ2n) is 5.98. The van der Waals surface area contributed by atoms with Gasteiger partial charge < -0.3 is 5.32 Å². The Bertz CT molecular complexity index is 590. The minimum Gasteiger partial charge on any atom is -0.310 e. The maximum Gasteiger partial charge on any atom is 0.241 e. The van der Waals surface area contributed by atoms with E-state index < -0.39 is 10.0 Å². The molecule has 5 heteroatoms. The average molecular weight is 296 g/mol. The van der Waals surface area contributed by atoms with Crippen molar-refractivity contribution in [1.82, 2.24) is 10.0 Å². The fraction of sp³-hybridized carbons (Fsp3) is 0.600. The van der Waals surface area contributed by atoms with Crippen LogP contribution in [0.1, 0.15) is 43.4 Å². The molecule has 0 bridgehead atoms. The highest BCUT2D eigenvalue weighted by Crippen LogP contribution is 2.25. The van der Waals surface area contributed by atoms with Crippen LogP contribution in [-0.4, -0.2) is 20.5 Å². The topological polar surface area (TPSA) is 58.2 Å². The van der Waals surface area contributed by atoms with E-state index >= 15 is 0 Å². The van der Waals surface area contributed by atoms with E-state index in [-0.39, 0.29) is 6.04 Å². The molecule has 2 rings (SSSR count). The third kappa shape index (κ3) is 3.81. The minimum absolute atomic E-state index is 0.137. The Balaban J connectivity index is 2.29. The molecule has 2 N–H and O–H groups in total.